The van der Waals surface area contributed by atoms with Gasteiger partial charge in [-0.1, -0.05) is 12.1 Å². The molecule has 0 radical (unpaired) electrons. The lowest BCUT2D eigenvalue weighted by Crippen LogP contribution is -2.02. The zero-order chi connectivity index (χ0) is 9.68. The number of hydrogen-bond acceptors (Lipinski definition) is 3. The number of carbonyl (C=O) groups is 1. The molecule has 0 heterocycles. The monoisotopic (exact) mass is 180 g/mol. The van der Waals surface area contributed by atoms with E-state index in [0.717, 1.165) is 0 Å². The zero-order valence-electron chi connectivity index (χ0n) is 7.49. The Morgan fingerprint density at radius 3 is 2.92 bits per heavy atom. The highest BCUT2D eigenvalue weighted by Gasteiger charge is 2.00. The molecular formula is C10H12O3. The Hall–Kier alpha value is -1.35. The second-order valence-electron chi connectivity index (χ2n) is 2.66. The maximum atomic E-state index is 11.0. The summed E-state index contributed by atoms with van der Waals surface area (Å²) in [4.78, 5) is 11.0. The first kappa shape index (κ1) is 9.74. The molecule has 13 heavy (non-hydrogen) atoms. The van der Waals surface area contributed by atoms with E-state index in [4.69, 9.17) is 9.84 Å². The van der Waals surface area contributed by atoms with Crippen LogP contribution in [0.3, 0.4) is 0 Å². The largest absolute Gasteiger partial charge is 0.491 e. The van der Waals surface area contributed by atoms with Crippen LogP contribution >= 0.6 is 0 Å². The van der Waals surface area contributed by atoms with Gasteiger partial charge in [-0.2, -0.15) is 0 Å². The zero-order valence-corrected chi connectivity index (χ0v) is 7.49. The van der Waals surface area contributed by atoms with Crippen molar-refractivity contribution in [3.05, 3.63) is 29.8 Å². The molecule has 1 aromatic carbocycles. The van der Waals surface area contributed by atoms with Crippen LogP contribution in [0, 0.1) is 0 Å². The fourth-order valence-electron chi connectivity index (χ4n) is 0.968. The summed E-state index contributed by atoms with van der Waals surface area (Å²) >= 11 is 0. The van der Waals surface area contributed by atoms with Crippen LogP contribution in [0.2, 0.25) is 0 Å². The van der Waals surface area contributed by atoms with E-state index in [9.17, 15) is 4.79 Å². The standard InChI is InChI=1S/C10H12O3/c1-8(12)9-3-2-4-10(7-9)13-6-5-11/h2-4,7,11H,5-6H2,1H3. The fourth-order valence-corrected chi connectivity index (χ4v) is 0.968. The normalized spacial score (nSPS) is 9.69. The van der Waals surface area contributed by atoms with Crippen LogP contribution in [-0.4, -0.2) is 24.1 Å². The first-order valence-electron chi connectivity index (χ1n) is 4.08. The summed E-state index contributed by atoms with van der Waals surface area (Å²) in [5.74, 6) is 0.621. The summed E-state index contributed by atoms with van der Waals surface area (Å²) in [5, 5.41) is 8.51. The molecule has 0 unspecified atom stereocenters. The number of hydrogen-bond donors (Lipinski definition) is 1. The molecule has 0 aliphatic carbocycles. The molecule has 0 saturated heterocycles. The van der Waals surface area contributed by atoms with E-state index in [0.29, 0.717) is 11.3 Å². The van der Waals surface area contributed by atoms with Crippen LogP contribution in [0.15, 0.2) is 24.3 Å². The van der Waals surface area contributed by atoms with Gasteiger partial charge in [0.1, 0.15) is 12.4 Å². The van der Waals surface area contributed by atoms with Gasteiger partial charge in [-0.15, -0.1) is 0 Å². The van der Waals surface area contributed by atoms with Crippen LogP contribution in [0.25, 0.3) is 0 Å². The van der Waals surface area contributed by atoms with Crippen molar-refractivity contribution in [3.8, 4) is 5.75 Å². The Bertz CT molecular complexity index is 294. The van der Waals surface area contributed by atoms with Gasteiger partial charge >= 0.3 is 0 Å². The van der Waals surface area contributed by atoms with E-state index in [1.807, 2.05) is 0 Å². The molecule has 70 valence electrons. The molecule has 0 spiro atoms. The molecule has 0 amide bonds. The van der Waals surface area contributed by atoms with Crippen molar-refractivity contribution in [1.29, 1.82) is 0 Å². The Morgan fingerprint density at radius 1 is 1.54 bits per heavy atom. The second kappa shape index (κ2) is 4.62. The van der Waals surface area contributed by atoms with Gasteiger partial charge in [0.05, 0.1) is 6.61 Å². The number of ether oxygens (including phenoxy) is 1. The lowest BCUT2D eigenvalue weighted by molar-refractivity contribution is 0.101. The lowest BCUT2D eigenvalue weighted by atomic mass is 10.1. The van der Waals surface area contributed by atoms with Gasteiger partial charge in [0.15, 0.2) is 5.78 Å². The Kier molecular flexibility index (Phi) is 3.46. The van der Waals surface area contributed by atoms with Crippen molar-refractivity contribution in [3.63, 3.8) is 0 Å². The van der Waals surface area contributed by atoms with Crippen molar-refractivity contribution in [2.24, 2.45) is 0 Å². The molecule has 1 N–H and O–H groups in total. The van der Waals surface area contributed by atoms with E-state index in [-0.39, 0.29) is 19.0 Å². The van der Waals surface area contributed by atoms with Gasteiger partial charge in [0.2, 0.25) is 0 Å². The minimum atomic E-state index is -0.0235. The molecular weight excluding hydrogens is 168 g/mol. The maximum Gasteiger partial charge on any atom is 0.159 e. The fraction of sp³-hybridized carbons (Fsp3) is 0.300. The molecule has 0 aliphatic heterocycles. The number of rotatable bonds is 4. The van der Waals surface area contributed by atoms with Gasteiger partial charge in [0, 0.05) is 5.56 Å². The molecule has 0 fully saturated rings. The van der Waals surface area contributed by atoms with Crippen molar-refractivity contribution in [2.75, 3.05) is 13.2 Å². The third-order valence-corrected chi connectivity index (χ3v) is 1.60. The minimum Gasteiger partial charge on any atom is -0.491 e. The first-order valence-corrected chi connectivity index (χ1v) is 4.08. The summed E-state index contributed by atoms with van der Waals surface area (Å²) in [6.07, 6.45) is 0. The lowest BCUT2D eigenvalue weighted by Gasteiger charge is -2.04. The average Bonchev–Trinajstić information content (AvgIpc) is 2.15. The first-order chi connectivity index (χ1) is 6.24. The highest BCUT2D eigenvalue weighted by atomic mass is 16.5. The Balaban J connectivity index is 2.73. The van der Waals surface area contributed by atoms with Gasteiger partial charge < -0.3 is 9.84 Å². The van der Waals surface area contributed by atoms with Crippen molar-refractivity contribution in [2.45, 2.75) is 6.92 Å². The molecule has 3 heteroatoms. The van der Waals surface area contributed by atoms with Gasteiger partial charge in [-0.25, -0.2) is 0 Å². The summed E-state index contributed by atoms with van der Waals surface area (Å²) < 4.78 is 5.14. The molecule has 0 saturated carbocycles. The predicted octanol–water partition coefficient (Wildman–Crippen LogP) is 1.26. The molecule has 0 aromatic heterocycles. The van der Waals surface area contributed by atoms with Crippen molar-refractivity contribution >= 4 is 5.78 Å². The highest BCUT2D eigenvalue weighted by molar-refractivity contribution is 5.94. The summed E-state index contributed by atoms with van der Waals surface area (Å²) in [7, 11) is 0. The van der Waals surface area contributed by atoms with E-state index in [1.165, 1.54) is 6.92 Å². The number of benzene rings is 1. The van der Waals surface area contributed by atoms with Gasteiger partial charge in [-0.05, 0) is 19.1 Å². The second-order valence-corrected chi connectivity index (χ2v) is 2.66. The van der Waals surface area contributed by atoms with E-state index in [2.05, 4.69) is 0 Å². The molecule has 3 nitrogen and oxygen atoms in total. The Labute approximate surface area is 77.0 Å². The minimum absolute atomic E-state index is 0.00875. The number of aliphatic hydroxyl groups excluding tert-OH is 1. The van der Waals surface area contributed by atoms with Crippen LogP contribution in [0.1, 0.15) is 17.3 Å². The summed E-state index contributed by atoms with van der Waals surface area (Å²) in [5.41, 5.74) is 0.621. The van der Waals surface area contributed by atoms with Crippen molar-refractivity contribution < 1.29 is 14.6 Å². The topological polar surface area (TPSA) is 46.5 Å². The van der Waals surface area contributed by atoms with E-state index in [1.54, 1.807) is 24.3 Å². The number of aliphatic hydroxyl groups is 1. The van der Waals surface area contributed by atoms with E-state index < -0.39 is 0 Å². The van der Waals surface area contributed by atoms with Crippen LogP contribution in [-0.2, 0) is 0 Å². The van der Waals surface area contributed by atoms with Gasteiger partial charge in [-0.3, -0.25) is 4.79 Å². The quantitative estimate of drug-likeness (QED) is 0.709. The molecule has 1 aromatic rings. The van der Waals surface area contributed by atoms with E-state index >= 15 is 0 Å². The van der Waals surface area contributed by atoms with Gasteiger partial charge in [0.25, 0.3) is 0 Å². The predicted molar refractivity (Wildman–Crippen MR) is 49.0 cm³/mol. The van der Waals surface area contributed by atoms with Crippen molar-refractivity contribution in [1.82, 2.24) is 0 Å². The Morgan fingerprint density at radius 2 is 2.31 bits per heavy atom. The molecule has 1 rings (SSSR count). The number of ketones is 1. The third kappa shape index (κ3) is 2.87. The third-order valence-electron chi connectivity index (χ3n) is 1.60. The van der Waals surface area contributed by atoms with Crippen LogP contribution in [0.4, 0.5) is 0 Å². The molecule has 0 atom stereocenters. The summed E-state index contributed by atoms with van der Waals surface area (Å²) in [6.45, 7) is 1.73. The van der Waals surface area contributed by atoms with Crippen LogP contribution < -0.4 is 4.74 Å². The number of Topliss-reactive ketones (excluding diaryl/α,β-unsaturated/α-hetero) is 1. The average molecular weight is 180 g/mol. The SMILES string of the molecule is CC(=O)c1cccc(OCCO)c1. The van der Waals surface area contributed by atoms with Crippen LogP contribution in [0.5, 0.6) is 5.75 Å². The smallest absolute Gasteiger partial charge is 0.159 e. The maximum absolute atomic E-state index is 11.0. The molecule has 0 aliphatic rings. The number of carbonyl (C=O) groups excluding carboxylic acids is 1. The molecule has 0 bridgehead atoms. The highest BCUT2D eigenvalue weighted by Crippen LogP contribution is 2.13. The summed E-state index contributed by atoms with van der Waals surface area (Å²) in [6, 6.07) is 6.90.